The van der Waals surface area contributed by atoms with Crippen LogP contribution in [0.5, 0.6) is 0 Å². The van der Waals surface area contributed by atoms with Crippen LogP contribution in [0.2, 0.25) is 0 Å². The van der Waals surface area contributed by atoms with Crippen LogP contribution in [0.25, 0.3) is 0 Å². The smallest absolute Gasteiger partial charge is 0.311 e. The van der Waals surface area contributed by atoms with E-state index in [9.17, 15) is 14.4 Å². The average molecular weight is 350 g/mol. The van der Waals surface area contributed by atoms with Gasteiger partial charge in [0, 0.05) is 25.0 Å². The van der Waals surface area contributed by atoms with E-state index in [2.05, 4.69) is 12.2 Å². The van der Waals surface area contributed by atoms with Crippen LogP contribution in [0, 0.1) is 11.8 Å². The number of hydrogen-bond donors (Lipinski definition) is 1. The van der Waals surface area contributed by atoms with Gasteiger partial charge in [-0.1, -0.05) is 32.6 Å². The first-order valence-electron chi connectivity index (χ1n) is 9.80. The Morgan fingerprint density at radius 3 is 2.52 bits per heavy atom. The molecule has 25 heavy (non-hydrogen) atoms. The zero-order valence-corrected chi connectivity index (χ0v) is 15.2. The summed E-state index contributed by atoms with van der Waals surface area (Å²) >= 11 is 0. The molecule has 0 unspecified atom stereocenters. The first-order valence-corrected chi connectivity index (χ1v) is 9.80. The summed E-state index contributed by atoms with van der Waals surface area (Å²) < 4.78 is 5.19. The summed E-state index contributed by atoms with van der Waals surface area (Å²) in [5.74, 6) is -0.547. The number of rotatable bonds is 5. The van der Waals surface area contributed by atoms with Gasteiger partial charge >= 0.3 is 5.97 Å². The molecule has 2 saturated carbocycles. The number of carbonyl (C=O) groups is 3. The highest BCUT2D eigenvalue weighted by Gasteiger charge is 2.39. The molecule has 6 heteroatoms. The lowest BCUT2D eigenvalue weighted by atomic mass is 9.86. The number of likely N-dealkylation sites (tertiary alicyclic amines) is 1. The van der Waals surface area contributed by atoms with Crippen LogP contribution < -0.4 is 5.32 Å². The number of amides is 2. The summed E-state index contributed by atoms with van der Waals surface area (Å²) in [5.41, 5.74) is 0. The van der Waals surface area contributed by atoms with Crippen LogP contribution in [0.4, 0.5) is 0 Å². The van der Waals surface area contributed by atoms with E-state index >= 15 is 0 Å². The Labute approximate surface area is 149 Å². The van der Waals surface area contributed by atoms with Crippen LogP contribution in [0.15, 0.2) is 0 Å². The van der Waals surface area contributed by atoms with Gasteiger partial charge in [-0.2, -0.15) is 0 Å². The molecule has 1 aliphatic heterocycles. The minimum atomic E-state index is -0.422. The Kier molecular flexibility index (Phi) is 5.97. The van der Waals surface area contributed by atoms with E-state index in [4.69, 9.17) is 4.74 Å². The summed E-state index contributed by atoms with van der Waals surface area (Å²) in [5, 5.41) is 2.98. The van der Waals surface area contributed by atoms with Gasteiger partial charge in [-0.3, -0.25) is 14.4 Å². The fraction of sp³-hybridized carbons (Fsp3) is 0.842. The molecule has 1 saturated heterocycles. The summed E-state index contributed by atoms with van der Waals surface area (Å²) in [6.07, 6.45) is 9.08. The van der Waals surface area contributed by atoms with Crippen LogP contribution in [0.1, 0.15) is 64.7 Å². The highest BCUT2D eigenvalue weighted by atomic mass is 16.5. The first kappa shape index (κ1) is 18.2. The van der Waals surface area contributed by atoms with Gasteiger partial charge in [0.2, 0.25) is 5.91 Å². The third-order valence-corrected chi connectivity index (χ3v) is 6.06. The van der Waals surface area contributed by atoms with Gasteiger partial charge in [-0.05, 0) is 31.6 Å². The average Bonchev–Trinajstić information content (AvgIpc) is 3.24. The minimum absolute atomic E-state index is 0.0503. The molecule has 0 aromatic rings. The van der Waals surface area contributed by atoms with Gasteiger partial charge in [0.05, 0.1) is 5.92 Å². The van der Waals surface area contributed by atoms with E-state index in [1.807, 2.05) is 4.90 Å². The Bertz CT molecular complexity index is 516. The van der Waals surface area contributed by atoms with Crippen molar-refractivity contribution in [3.05, 3.63) is 0 Å². The van der Waals surface area contributed by atoms with E-state index in [0.29, 0.717) is 18.5 Å². The van der Waals surface area contributed by atoms with Crippen LogP contribution in [-0.2, 0) is 19.1 Å². The molecule has 3 rings (SSSR count). The highest BCUT2D eigenvalue weighted by molar-refractivity contribution is 5.88. The molecule has 3 aliphatic rings. The molecule has 0 spiro atoms. The number of ether oxygens (including phenoxy) is 1. The summed E-state index contributed by atoms with van der Waals surface area (Å²) in [6.45, 7) is 2.36. The number of carbonyl (C=O) groups excluding carboxylic acids is 3. The largest absolute Gasteiger partial charge is 0.455 e. The zero-order valence-electron chi connectivity index (χ0n) is 15.2. The third kappa shape index (κ3) is 4.53. The predicted octanol–water partition coefficient (Wildman–Crippen LogP) is 2.02. The standard InChI is InChI=1S/C19H30N2O4/c1-13-6-2-5-9-16(13)20-17(22)12-25-19(24)14-10-18(23)21(11-14)15-7-3-4-8-15/h13-16H,2-12H2,1H3,(H,20,22)/t13-,14+,16-/m0/s1. The topological polar surface area (TPSA) is 75.7 Å². The monoisotopic (exact) mass is 350 g/mol. The van der Waals surface area contributed by atoms with E-state index in [1.165, 1.54) is 6.42 Å². The van der Waals surface area contributed by atoms with Gasteiger partial charge in [-0.25, -0.2) is 0 Å². The third-order valence-electron chi connectivity index (χ3n) is 6.06. The van der Waals surface area contributed by atoms with Crippen LogP contribution >= 0.6 is 0 Å². The highest BCUT2D eigenvalue weighted by Crippen LogP contribution is 2.30. The fourth-order valence-electron chi connectivity index (χ4n) is 4.49. The SMILES string of the molecule is C[C@H]1CCCC[C@@H]1NC(=O)COC(=O)[C@@H]1CC(=O)N(C2CCCC2)C1. The molecule has 1 N–H and O–H groups in total. The lowest BCUT2D eigenvalue weighted by molar-refractivity contribution is -0.152. The molecule has 3 fully saturated rings. The maximum absolute atomic E-state index is 12.2. The minimum Gasteiger partial charge on any atom is -0.455 e. The maximum Gasteiger partial charge on any atom is 0.311 e. The van der Waals surface area contributed by atoms with Crippen molar-refractivity contribution in [3.8, 4) is 0 Å². The number of nitrogens with one attached hydrogen (secondary N) is 1. The second-order valence-electron chi connectivity index (χ2n) is 7.93. The lowest BCUT2D eigenvalue weighted by Crippen LogP contribution is -2.43. The first-order chi connectivity index (χ1) is 12.0. The molecule has 1 heterocycles. The van der Waals surface area contributed by atoms with E-state index < -0.39 is 11.9 Å². The molecular weight excluding hydrogens is 320 g/mol. The van der Waals surface area contributed by atoms with Crippen molar-refractivity contribution in [3.63, 3.8) is 0 Å². The number of nitrogens with zero attached hydrogens (tertiary/aromatic N) is 1. The van der Waals surface area contributed by atoms with E-state index in [1.54, 1.807) is 0 Å². The Hall–Kier alpha value is -1.59. The quantitative estimate of drug-likeness (QED) is 0.770. The van der Waals surface area contributed by atoms with E-state index in [0.717, 1.165) is 44.9 Å². The van der Waals surface area contributed by atoms with Crippen molar-refractivity contribution in [1.29, 1.82) is 0 Å². The lowest BCUT2D eigenvalue weighted by Gasteiger charge is -2.29. The molecule has 140 valence electrons. The Morgan fingerprint density at radius 2 is 1.80 bits per heavy atom. The molecule has 2 amide bonds. The van der Waals surface area contributed by atoms with Crippen LogP contribution in [0.3, 0.4) is 0 Å². The molecule has 6 nitrogen and oxygen atoms in total. The summed E-state index contributed by atoms with van der Waals surface area (Å²) in [4.78, 5) is 38.3. The molecule has 0 aromatic heterocycles. The normalized spacial score (nSPS) is 30.5. The van der Waals surface area contributed by atoms with Crippen molar-refractivity contribution in [2.75, 3.05) is 13.2 Å². The van der Waals surface area contributed by atoms with Crippen molar-refractivity contribution in [1.82, 2.24) is 10.2 Å². The van der Waals surface area contributed by atoms with Gasteiger partial charge < -0.3 is 15.0 Å². The summed E-state index contributed by atoms with van der Waals surface area (Å²) in [7, 11) is 0. The van der Waals surface area contributed by atoms with Crippen LogP contribution in [-0.4, -0.2) is 47.9 Å². The molecule has 0 bridgehead atoms. The Balaban J connectivity index is 1.41. The Morgan fingerprint density at radius 1 is 1.12 bits per heavy atom. The molecule has 0 aromatic carbocycles. The zero-order chi connectivity index (χ0) is 17.8. The molecule has 2 aliphatic carbocycles. The van der Waals surface area contributed by atoms with Gasteiger partial charge in [0.15, 0.2) is 6.61 Å². The van der Waals surface area contributed by atoms with Gasteiger partial charge in [0.1, 0.15) is 0 Å². The molecule has 0 radical (unpaired) electrons. The predicted molar refractivity (Wildman–Crippen MR) is 92.6 cm³/mol. The fourth-order valence-corrected chi connectivity index (χ4v) is 4.49. The summed E-state index contributed by atoms with van der Waals surface area (Å²) in [6, 6.07) is 0.479. The van der Waals surface area contributed by atoms with Crippen molar-refractivity contribution < 1.29 is 19.1 Å². The molecular formula is C19H30N2O4. The van der Waals surface area contributed by atoms with Gasteiger partial charge in [-0.15, -0.1) is 0 Å². The second-order valence-corrected chi connectivity index (χ2v) is 7.93. The second kappa shape index (κ2) is 8.19. The van der Waals surface area contributed by atoms with Gasteiger partial charge in [0.25, 0.3) is 5.91 Å². The van der Waals surface area contributed by atoms with Crippen molar-refractivity contribution in [2.24, 2.45) is 11.8 Å². The van der Waals surface area contributed by atoms with Crippen molar-refractivity contribution >= 4 is 17.8 Å². The number of esters is 1. The maximum atomic E-state index is 12.2. The molecule has 3 atom stereocenters. The van der Waals surface area contributed by atoms with E-state index in [-0.39, 0.29) is 30.9 Å². The van der Waals surface area contributed by atoms with Crippen molar-refractivity contribution in [2.45, 2.75) is 76.8 Å². The number of hydrogen-bond acceptors (Lipinski definition) is 4.